The number of aromatic carboxylic acids is 1. The molecule has 0 atom stereocenters. The number of carboxylic acid groups (broad SMARTS) is 1. The van der Waals surface area contributed by atoms with Crippen molar-refractivity contribution in [1.82, 2.24) is 15.0 Å². The summed E-state index contributed by atoms with van der Waals surface area (Å²) in [6.07, 6.45) is 5.39. The Morgan fingerprint density at radius 1 is 0.886 bits per heavy atom. The van der Waals surface area contributed by atoms with Crippen LogP contribution in [0.15, 0.2) is 85.1 Å². The molecule has 1 saturated heterocycles. The van der Waals surface area contributed by atoms with Crippen molar-refractivity contribution in [2.45, 2.75) is 45.4 Å². The van der Waals surface area contributed by atoms with Crippen LogP contribution < -0.4 is 10.2 Å². The van der Waals surface area contributed by atoms with Gasteiger partial charge in [0, 0.05) is 19.3 Å². The average molecular weight is 606 g/mol. The first-order valence-electron chi connectivity index (χ1n) is 15.1. The molecule has 44 heavy (non-hydrogen) atoms. The van der Waals surface area contributed by atoms with E-state index in [9.17, 15) is 14.7 Å². The van der Waals surface area contributed by atoms with Gasteiger partial charge in [0.2, 0.25) is 11.9 Å². The van der Waals surface area contributed by atoms with Crippen molar-refractivity contribution in [2.75, 3.05) is 23.3 Å². The van der Waals surface area contributed by atoms with E-state index in [4.69, 9.17) is 4.98 Å². The van der Waals surface area contributed by atoms with Crippen molar-refractivity contribution in [1.29, 1.82) is 0 Å². The molecule has 0 unspecified atom stereocenters. The van der Waals surface area contributed by atoms with Crippen molar-refractivity contribution >= 4 is 44.5 Å². The van der Waals surface area contributed by atoms with Crippen LogP contribution in [0.3, 0.4) is 0 Å². The molecule has 0 radical (unpaired) electrons. The van der Waals surface area contributed by atoms with Crippen LogP contribution in [-0.4, -0.2) is 45.0 Å². The monoisotopic (exact) mass is 605 g/mol. The van der Waals surface area contributed by atoms with E-state index in [1.54, 1.807) is 0 Å². The Morgan fingerprint density at radius 2 is 1.59 bits per heavy atom. The number of nitrogens with zero attached hydrogens (tertiary/aromatic N) is 4. The standard InChI is InChI=1S/C35H35N5O3S/c1-2-24-12-14-25(15-13-24)16-17-28-27(31(41)42)23-36-33(37-28)40-20-18-35(19-21-40,22-26-8-4-3-5-9-26)32(43)39-34-38-29-10-6-7-11-30(29)44-34/h3-15,23H,2,16-22H2,1H3,(H,41,42)(H,38,39,43). The maximum atomic E-state index is 14.0. The summed E-state index contributed by atoms with van der Waals surface area (Å²) in [5, 5.41) is 13.6. The summed E-state index contributed by atoms with van der Waals surface area (Å²) < 4.78 is 1.03. The Hall–Kier alpha value is -4.63. The van der Waals surface area contributed by atoms with Gasteiger partial charge in [0.1, 0.15) is 0 Å². The minimum atomic E-state index is -1.03. The van der Waals surface area contributed by atoms with Gasteiger partial charge in [-0.05, 0) is 67.3 Å². The summed E-state index contributed by atoms with van der Waals surface area (Å²) >= 11 is 1.48. The molecule has 6 rings (SSSR count). The number of rotatable bonds is 10. The Balaban J connectivity index is 1.20. The predicted octanol–water partition coefficient (Wildman–Crippen LogP) is 6.60. The second-order valence-corrected chi connectivity index (χ2v) is 12.4. The number of carbonyl (C=O) groups excluding carboxylic acids is 1. The summed E-state index contributed by atoms with van der Waals surface area (Å²) in [7, 11) is 0. The van der Waals surface area contributed by atoms with Crippen molar-refractivity contribution in [3.63, 3.8) is 0 Å². The fraction of sp³-hybridized carbons (Fsp3) is 0.286. The smallest absolute Gasteiger partial charge is 0.339 e. The number of hydrogen-bond donors (Lipinski definition) is 2. The molecule has 3 heterocycles. The third-order valence-corrected chi connectivity index (χ3v) is 9.50. The molecule has 0 aliphatic carbocycles. The van der Waals surface area contributed by atoms with Crippen molar-refractivity contribution in [2.24, 2.45) is 5.41 Å². The van der Waals surface area contributed by atoms with Crippen LogP contribution in [0.25, 0.3) is 10.2 Å². The number of piperidine rings is 1. The molecule has 5 aromatic rings. The van der Waals surface area contributed by atoms with Gasteiger partial charge in [-0.3, -0.25) is 4.79 Å². The van der Waals surface area contributed by atoms with Gasteiger partial charge in [-0.15, -0.1) is 0 Å². The molecule has 224 valence electrons. The molecule has 2 aromatic heterocycles. The lowest BCUT2D eigenvalue weighted by atomic mass is 9.73. The number of aryl methyl sites for hydroxylation is 3. The number of benzene rings is 3. The maximum Gasteiger partial charge on any atom is 0.339 e. The highest BCUT2D eigenvalue weighted by Gasteiger charge is 2.42. The van der Waals surface area contributed by atoms with E-state index in [-0.39, 0.29) is 11.5 Å². The molecule has 0 bridgehead atoms. The first kappa shape index (κ1) is 29.4. The first-order valence-corrected chi connectivity index (χ1v) is 15.9. The van der Waals surface area contributed by atoms with Crippen molar-refractivity contribution in [3.8, 4) is 0 Å². The van der Waals surface area contributed by atoms with Gasteiger partial charge in [-0.2, -0.15) is 0 Å². The number of carboxylic acids is 1. The molecule has 9 heteroatoms. The van der Waals surface area contributed by atoms with Crippen molar-refractivity contribution in [3.05, 3.63) is 113 Å². The molecular formula is C35H35N5O3S. The van der Waals surface area contributed by atoms with Crippen LogP contribution in [0.1, 0.15) is 52.5 Å². The minimum absolute atomic E-state index is 0.0306. The van der Waals surface area contributed by atoms with Gasteiger partial charge < -0.3 is 15.3 Å². The number of aromatic nitrogens is 3. The van der Waals surface area contributed by atoms with Gasteiger partial charge in [0.25, 0.3) is 0 Å². The highest BCUT2D eigenvalue weighted by Crippen LogP contribution is 2.38. The summed E-state index contributed by atoms with van der Waals surface area (Å²) in [4.78, 5) is 41.9. The molecule has 0 spiro atoms. The molecule has 1 aliphatic heterocycles. The quantitative estimate of drug-likeness (QED) is 0.185. The van der Waals surface area contributed by atoms with Gasteiger partial charge in [0.05, 0.1) is 26.9 Å². The zero-order valence-corrected chi connectivity index (χ0v) is 25.5. The molecular weight excluding hydrogens is 570 g/mol. The predicted molar refractivity (Wildman–Crippen MR) is 174 cm³/mol. The number of hydrogen-bond acceptors (Lipinski definition) is 7. The summed E-state index contributed by atoms with van der Waals surface area (Å²) in [5.41, 5.74) is 4.41. The molecule has 2 N–H and O–H groups in total. The van der Waals surface area contributed by atoms with Crippen LogP contribution in [0, 0.1) is 5.41 Å². The largest absolute Gasteiger partial charge is 0.478 e. The molecule has 1 fully saturated rings. The number of thiazole rings is 1. The SMILES string of the molecule is CCc1ccc(CCc2nc(N3CCC(Cc4ccccc4)(C(=O)Nc4nc5ccccc5s4)CC3)ncc2C(=O)O)cc1. The Bertz CT molecular complexity index is 1730. The third-order valence-electron chi connectivity index (χ3n) is 8.55. The van der Waals surface area contributed by atoms with Crippen LogP contribution in [0.4, 0.5) is 11.1 Å². The van der Waals surface area contributed by atoms with Crippen molar-refractivity contribution < 1.29 is 14.7 Å². The average Bonchev–Trinajstić information content (AvgIpc) is 3.47. The van der Waals surface area contributed by atoms with Gasteiger partial charge in [0.15, 0.2) is 5.13 Å². The number of carbonyl (C=O) groups is 2. The molecule has 8 nitrogen and oxygen atoms in total. The molecule has 3 aromatic carbocycles. The Kier molecular flexibility index (Phi) is 8.65. The third kappa shape index (κ3) is 6.48. The van der Waals surface area contributed by atoms with E-state index in [0.717, 1.165) is 27.8 Å². The van der Waals surface area contributed by atoms with E-state index < -0.39 is 11.4 Å². The Morgan fingerprint density at radius 3 is 2.30 bits per heavy atom. The highest BCUT2D eigenvalue weighted by molar-refractivity contribution is 7.22. The lowest BCUT2D eigenvalue weighted by Gasteiger charge is -2.40. The number of fused-ring (bicyclic) bond motifs is 1. The lowest BCUT2D eigenvalue weighted by molar-refractivity contribution is -0.126. The molecule has 1 amide bonds. The Labute approximate surface area is 260 Å². The minimum Gasteiger partial charge on any atom is -0.478 e. The zero-order chi connectivity index (χ0) is 30.5. The lowest BCUT2D eigenvalue weighted by Crippen LogP contribution is -2.48. The fourth-order valence-electron chi connectivity index (χ4n) is 5.89. The van der Waals surface area contributed by atoms with Gasteiger partial charge >= 0.3 is 5.97 Å². The van der Waals surface area contributed by atoms with Crippen LogP contribution in [0.2, 0.25) is 0 Å². The molecule has 1 aliphatic rings. The normalized spacial score (nSPS) is 14.4. The maximum absolute atomic E-state index is 14.0. The number of amides is 1. The van der Waals surface area contributed by atoms with E-state index >= 15 is 0 Å². The van der Waals surface area contributed by atoms with Crippen LogP contribution >= 0.6 is 11.3 Å². The second kappa shape index (κ2) is 12.9. The summed E-state index contributed by atoms with van der Waals surface area (Å²) in [5.74, 6) is -0.553. The fourth-order valence-corrected chi connectivity index (χ4v) is 6.75. The van der Waals surface area contributed by atoms with Gasteiger partial charge in [-0.25, -0.2) is 19.7 Å². The zero-order valence-electron chi connectivity index (χ0n) is 24.7. The second-order valence-electron chi connectivity index (χ2n) is 11.4. The highest BCUT2D eigenvalue weighted by atomic mass is 32.1. The number of anilines is 2. The van der Waals surface area contributed by atoms with E-state index in [2.05, 4.69) is 63.5 Å². The van der Waals surface area contributed by atoms with E-state index in [0.29, 0.717) is 62.0 Å². The molecule has 0 saturated carbocycles. The topological polar surface area (TPSA) is 108 Å². The first-order chi connectivity index (χ1) is 21.4. The number of nitrogens with one attached hydrogen (secondary N) is 1. The van der Waals surface area contributed by atoms with Crippen LogP contribution in [0.5, 0.6) is 0 Å². The van der Waals surface area contributed by atoms with E-state index in [1.807, 2.05) is 42.5 Å². The summed E-state index contributed by atoms with van der Waals surface area (Å²) in [6.45, 7) is 3.27. The summed E-state index contributed by atoms with van der Waals surface area (Å²) in [6, 6.07) is 26.4. The van der Waals surface area contributed by atoms with Crippen LogP contribution in [-0.2, 0) is 30.5 Å². The number of para-hydroxylation sites is 1. The van der Waals surface area contributed by atoms with Gasteiger partial charge in [-0.1, -0.05) is 85.0 Å². The van der Waals surface area contributed by atoms with E-state index in [1.165, 1.54) is 23.1 Å².